The minimum Gasteiger partial charge on any atom is -0.348 e. The van der Waals surface area contributed by atoms with E-state index in [2.05, 4.69) is 26.3 Å². The second kappa shape index (κ2) is 6.87. The number of hydrogen-bond acceptors (Lipinski definition) is 3. The maximum absolute atomic E-state index is 12.3. The quantitative estimate of drug-likeness (QED) is 0.869. The van der Waals surface area contributed by atoms with E-state index in [4.69, 9.17) is 5.73 Å². The van der Waals surface area contributed by atoms with Crippen LogP contribution in [0.1, 0.15) is 36.6 Å². The van der Waals surface area contributed by atoms with Gasteiger partial charge in [0.15, 0.2) is 0 Å². The number of aryl methyl sites for hydroxylation is 1. The van der Waals surface area contributed by atoms with Crippen molar-refractivity contribution < 1.29 is 4.79 Å². The first kappa shape index (κ1) is 15.7. The molecule has 3 N–H and O–H groups in total. The number of amides is 1. The molecule has 112 valence electrons. The first-order chi connectivity index (χ1) is 10.0. The largest absolute Gasteiger partial charge is 0.348 e. The third-order valence-electron chi connectivity index (χ3n) is 3.36. The van der Waals surface area contributed by atoms with Crippen molar-refractivity contribution in [3.63, 3.8) is 0 Å². The summed E-state index contributed by atoms with van der Waals surface area (Å²) in [6.45, 7) is 2.03. The molecule has 1 aromatic carbocycles. The fraction of sp³-hybridized carbons (Fsp3) is 0.333. The number of halogens is 1. The highest BCUT2D eigenvalue weighted by Crippen LogP contribution is 2.20. The van der Waals surface area contributed by atoms with E-state index in [1.807, 2.05) is 31.2 Å². The summed E-state index contributed by atoms with van der Waals surface area (Å²) in [6.07, 6.45) is 4.17. The van der Waals surface area contributed by atoms with Crippen LogP contribution in [-0.2, 0) is 11.8 Å². The normalized spacial score (nSPS) is 13.7. The van der Waals surface area contributed by atoms with E-state index in [9.17, 15) is 4.79 Å². The van der Waals surface area contributed by atoms with Crippen LogP contribution >= 0.6 is 15.9 Å². The van der Waals surface area contributed by atoms with Crippen molar-refractivity contribution in [2.45, 2.75) is 25.4 Å². The Labute approximate surface area is 132 Å². The van der Waals surface area contributed by atoms with Crippen molar-refractivity contribution in [2.24, 2.45) is 12.8 Å². The van der Waals surface area contributed by atoms with Gasteiger partial charge in [-0.15, -0.1) is 0 Å². The van der Waals surface area contributed by atoms with Crippen molar-refractivity contribution in [1.29, 1.82) is 0 Å². The molecule has 2 rings (SSSR count). The van der Waals surface area contributed by atoms with Crippen LogP contribution in [0, 0.1) is 0 Å². The summed E-state index contributed by atoms with van der Waals surface area (Å²) in [7, 11) is 1.80. The fourth-order valence-corrected chi connectivity index (χ4v) is 2.39. The first-order valence-electron chi connectivity index (χ1n) is 6.81. The van der Waals surface area contributed by atoms with Gasteiger partial charge < -0.3 is 11.1 Å². The zero-order chi connectivity index (χ0) is 15.4. The van der Waals surface area contributed by atoms with E-state index in [0.29, 0.717) is 5.56 Å². The van der Waals surface area contributed by atoms with Gasteiger partial charge in [-0.05, 0) is 24.1 Å². The molecule has 2 aromatic rings. The highest BCUT2D eigenvalue weighted by molar-refractivity contribution is 9.10. The van der Waals surface area contributed by atoms with Gasteiger partial charge in [0.1, 0.15) is 6.04 Å². The summed E-state index contributed by atoms with van der Waals surface area (Å²) in [4.78, 5) is 12.3. The number of aromatic nitrogens is 2. The van der Waals surface area contributed by atoms with E-state index in [1.165, 1.54) is 0 Å². The molecule has 0 bridgehead atoms. The molecule has 0 saturated heterocycles. The summed E-state index contributed by atoms with van der Waals surface area (Å²) < 4.78 is 2.65. The van der Waals surface area contributed by atoms with Crippen molar-refractivity contribution in [3.05, 3.63) is 52.3 Å². The second-order valence-corrected chi connectivity index (χ2v) is 5.86. The van der Waals surface area contributed by atoms with Crippen LogP contribution in [-0.4, -0.2) is 15.7 Å². The van der Waals surface area contributed by atoms with Crippen molar-refractivity contribution in [2.75, 3.05) is 0 Å². The standard InChI is InChI=1S/C15H19BrN4O/c1-3-13(10-4-6-12(16)7-5-10)19-15(21)14(17)11-8-18-20(2)9-11/h4-9,13-14H,3,17H2,1-2H3,(H,19,21). The zero-order valence-corrected chi connectivity index (χ0v) is 13.7. The molecule has 0 aliphatic rings. The van der Waals surface area contributed by atoms with Crippen LogP contribution in [0.4, 0.5) is 0 Å². The molecule has 0 fully saturated rings. The number of nitrogens with zero attached hydrogens (tertiary/aromatic N) is 2. The molecule has 1 heterocycles. The van der Waals surface area contributed by atoms with Crippen LogP contribution in [0.15, 0.2) is 41.1 Å². The lowest BCUT2D eigenvalue weighted by molar-refractivity contribution is -0.123. The lowest BCUT2D eigenvalue weighted by atomic mass is 10.0. The summed E-state index contributed by atoms with van der Waals surface area (Å²) in [5.74, 6) is -0.197. The average molecular weight is 351 g/mol. The van der Waals surface area contributed by atoms with Gasteiger partial charge in [0.2, 0.25) is 5.91 Å². The van der Waals surface area contributed by atoms with Gasteiger partial charge >= 0.3 is 0 Å². The number of rotatable bonds is 5. The molecule has 0 spiro atoms. The lowest BCUT2D eigenvalue weighted by Gasteiger charge is -2.20. The SMILES string of the molecule is CCC(NC(=O)C(N)c1cnn(C)c1)c1ccc(Br)cc1. The lowest BCUT2D eigenvalue weighted by Crippen LogP contribution is -2.36. The smallest absolute Gasteiger partial charge is 0.242 e. The molecule has 0 saturated carbocycles. The maximum atomic E-state index is 12.3. The van der Waals surface area contributed by atoms with Gasteiger partial charge in [-0.1, -0.05) is 35.0 Å². The summed E-state index contributed by atoms with van der Waals surface area (Å²) >= 11 is 3.41. The predicted octanol–water partition coefficient (Wildman–Crippen LogP) is 2.45. The van der Waals surface area contributed by atoms with Crippen LogP contribution in [0.5, 0.6) is 0 Å². The first-order valence-corrected chi connectivity index (χ1v) is 7.60. The average Bonchev–Trinajstić information content (AvgIpc) is 2.91. The second-order valence-electron chi connectivity index (χ2n) is 4.95. The number of carbonyl (C=O) groups is 1. The highest BCUT2D eigenvalue weighted by atomic mass is 79.9. The summed E-state index contributed by atoms with van der Waals surface area (Å²) in [5, 5.41) is 7.03. The molecule has 1 aromatic heterocycles. The summed E-state index contributed by atoms with van der Waals surface area (Å²) in [5.41, 5.74) is 7.76. The van der Waals surface area contributed by atoms with Gasteiger partial charge in [0.05, 0.1) is 12.2 Å². The Morgan fingerprint density at radius 1 is 1.38 bits per heavy atom. The highest BCUT2D eigenvalue weighted by Gasteiger charge is 2.20. The molecule has 0 aliphatic heterocycles. The monoisotopic (exact) mass is 350 g/mol. The van der Waals surface area contributed by atoms with Crippen molar-refractivity contribution in [3.8, 4) is 0 Å². The maximum Gasteiger partial charge on any atom is 0.242 e. The molecular weight excluding hydrogens is 332 g/mol. The van der Waals surface area contributed by atoms with E-state index in [-0.39, 0.29) is 11.9 Å². The van der Waals surface area contributed by atoms with Crippen LogP contribution in [0.25, 0.3) is 0 Å². The van der Waals surface area contributed by atoms with Gasteiger partial charge in [-0.3, -0.25) is 9.48 Å². The van der Waals surface area contributed by atoms with Crippen molar-refractivity contribution in [1.82, 2.24) is 15.1 Å². The predicted molar refractivity (Wildman–Crippen MR) is 85.5 cm³/mol. The molecule has 0 aliphatic carbocycles. The molecular formula is C15H19BrN4O. The Hall–Kier alpha value is -1.66. The zero-order valence-electron chi connectivity index (χ0n) is 12.1. The number of hydrogen-bond donors (Lipinski definition) is 2. The molecule has 2 unspecified atom stereocenters. The van der Waals surface area contributed by atoms with Gasteiger partial charge in [0.25, 0.3) is 0 Å². The van der Waals surface area contributed by atoms with Gasteiger partial charge in [-0.25, -0.2) is 0 Å². The fourth-order valence-electron chi connectivity index (χ4n) is 2.13. The van der Waals surface area contributed by atoms with E-state index in [0.717, 1.165) is 16.5 Å². The molecule has 0 radical (unpaired) electrons. The van der Waals surface area contributed by atoms with E-state index < -0.39 is 6.04 Å². The van der Waals surface area contributed by atoms with Crippen LogP contribution in [0.2, 0.25) is 0 Å². The van der Waals surface area contributed by atoms with E-state index in [1.54, 1.807) is 24.1 Å². The molecule has 1 amide bonds. The van der Waals surface area contributed by atoms with Crippen molar-refractivity contribution >= 4 is 21.8 Å². The molecule has 5 nitrogen and oxygen atoms in total. The third-order valence-corrected chi connectivity index (χ3v) is 3.89. The molecule has 2 atom stereocenters. The Bertz CT molecular complexity index is 608. The minimum atomic E-state index is -0.705. The topological polar surface area (TPSA) is 72.9 Å². The van der Waals surface area contributed by atoms with Crippen LogP contribution in [0.3, 0.4) is 0 Å². The minimum absolute atomic E-state index is 0.0479. The number of carbonyl (C=O) groups excluding carboxylic acids is 1. The molecule has 6 heteroatoms. The van der Waals surface area contributed by atoms with Gasteiger partial charge in [0, 0.05) is 23.3 Å². The number of nitrogens with one attached hydrogen (secondary N) is 1. The third kappa shape index (κ3) is 3.92. The Morgan fingerprint density at radius 2 is 2.05 bits per heavy atom. The van der Waals surface area contributed by atoms with E-state index >= 15 is 0 Å². The number of nitrogens with two attached hydrogens (primary N) is 1. The van der Waals surface area contributed by atoms with Gasteiger partial charge in [-0.2, -0.15) is 5.10 Å². The van der Waals surface area contributed by atoms with Crippen LogP contribution < -0.4 is 11.1 Å². The summed E-state index contributed by atoms with van der Waals surface area (Å²) in [6, 6.07) is 7.16. The Kier molecular flexibility index (Phi) is 5.14. The number of benzene rings is 1. The Morgan fingerprint density at radius 3 is 2.57 bits per heavy atom. The molecule has 21 heavy (non-hydrogen) atoms. The Balaban J connectivity index is 2.07.